The summed E-state index contributed by atoms with van der Waals surface area (Å²) in [6, 6.07) is 9.22. The van der Waals surface area contributed by atoms with Crippen LogP contribution in [0.3, 0.4) is 0 Å². The minimum Gasteiger partial charge on any atom is -0.495 e. The minimum absolute atomic E-state index is 0.403. The van der Waals surface area contributed by atoms with Crippen molar-refractivity contribution in [2.24, 2.45) is 0 Å². The molecule has 0 amide bonds. The predicted molar refractivity (Wildman–Crippen MR) is 92.6 cm³/mol. The molecule has 0 aromatic heterocycles. The predicted octanol–water partition coefficient (Wildman–Crippen LogP) is 6.86. The molecule has 0 saturated heterocycles. The maximum absolute atomic E-state index is 6.52. The van der Waals surface area contributed by atoms with Crippen LogP contribution in [-0.4, -0.2) is 7.11 Å². The van der Waals surface area contributed by atoms with Crippen LogP contribution < -0.4 is 4.74 Å². The zero-order valence-electron chi connectivity index (χ0n) is 10.3. The van der Waals surface area contributed by atoms with E-state index in [4.69, 9.17) is 39.5 Å². The van der Waals surface area contributed by atoms with E-state index in [1.165, 1.54) is 0 Å². The number of hydrogen-bond acceptors (Lipinski definition) is 1. The molecular formula is C14H9Br2Cl3O. The van der Waals surface area contributed by atoms with Crippen LogP contribution >= 0.6 is 66.7 Å². The molecule has 2 aromatic rings. The van der Waals surface area contributed by atoms with Gasteiger partial charge < -0.3 is 4.74 Å². The van der Waals surface area contributed by atoms with E-state index in [-0.39, 0.29) is 0 Å². The molecule has 0 aliphatic carbocycles. The molecule has 0 heterocycles. The van der Waals surface area contributed by atoms with E-state index in [9.17, 15) is 0 Å². The SMILES string of the molecule is COc1cc(Cl)c(C(Cl)c2cc(Br)cc(Br)c2)cc1Cl. The number of halogens is 5. The largest absolute Gasteiger partial charge is 0.495 e. The highest BCUT2D eigenvalue weighted by molar-refractivity contribution is 9.11. The molecule has 0 bridgehead atoms. The fourth-order valence-electron chi connectivity index (χ4n) is 1.80. The molecule has 1 atom stereocenters. The first-order valence-corrected chi connectivity index (χ1v) is 8.33. The van der Waals surface area contributed by atoms with Gasteiger partial charge in [-0.1, -0.05) is 55.1 Å². The zero-order valence-corrected chi connectivity index (χ0v) is 15.7. The van der Waals surface area contributed by atoms with Gasteiger partial charge in [0.15, 0.2) is 0 Å². The summed E-state index contributed by atoms with van der Waals surface area (Å²) in [5.41, 5.74) is 1.65. The third kappa shape index (κ3) is 3.63. The van der Waals surface area contributed by atoms with Crippen LogP contribution in [0.2, 0.25) is 10.0 Å². The van der Waals surface area contributed by atoms with Crippen molar-refractivity contribution in [3.8, 4) is 5.75 Å². The van der Waals surface area contributed by atoms with Crippen LogP contribution in [0.15, 0.2) is 39.3 Å². The van der Waals surface area contributed by atoms with E-state index >= 15 is 0 Å². The Kier molecular flexibility index (Phi) is 5.66. The van der Waals surface area contributed by atoms with E-state index < -0.39 is 5.38 Å². The van der Waals surface area contributed by atoms with Gasteiger partial charge in [0.1, 0.15) is 5.75 Å². The number of alkyl halides is 1. The number of ether oxygens (including phenoxy) is 1. The standard InChI is InChI=1S/C14H9Br2Cl3O/c1-20-13-6-11(17)10(5-12(13)18)14(19)7-2-8(15)4-9(16)3-7/h2-6,14H,1H3. The maximum Gasteiger partial charge on any atom is 0.138 e. The smallest absolute Gasteiger partial charge is 0.138 e. The van der Waals surface area contributed by atoms with Crippen molar-refractivity contribution in [1.82, 2.24) is 0 Å². The molecule has 0 aliphatic rings. The highest BCUT2D eigenvalue weighted by atomic mass is 79.9. The molecule has 6 heteroatoms. The average Bonchev–Trinajstić information content (AvgIpc) is 2.39. The number of methoxy groups -OCH3 is 1. The monoisotopic (exact) mass is 456 g/mol. The first kappa shape index (κ1) is 16.4. The van der Waals surface area contributed by atoms with Crippen molar-refractivity contribution in [3.63, 3.8) is 0 Å². The van der Waals surface area contributed by atoms with Crippen LogP contribution in [0.25, 0.3) is 0 Å². The van der Waals surface area contributed by atoms with Crippen LogP contribution in [-0.2, 0) is 0 Å². The first-order chi connectivity index (χ1) is 9.42. The summed E-state index contributed by atoms with van der Waals surface area (Å²) in [6.07, 6.45) is 0. The fourth-order valence-corrected chi connectivity index (χ4v) is 4.00. The molecule has 0 N–H and O–H groups in total. The molecule has 0 aliphatic heterocycles. The molecule has 0 fully saturated rings. The summed E-state index contributed by atoms with van der Waals surface area (Å²) < 4.78 is 7.00. The second-order valence-electron chi connectivity index (χ2n) is 4.07. The van der Waals surface area contributed by atoms with Gasteiger partial charge in [-0.15, -0.1) is 11.6 Å². The molecule has 0 radical (unpaired) electrons. The van der Waals surface area contributed by atoms with Gasteiger partial charge in [-0.25, -0.2) is 0 Å². The van der Waals surface area contributed by atoms with Gasteiger partial charge in [-0.2, -0.15) is 0 Å². The Bertz CT molecular complexity index is 626. The second-order valence-corrected chi connectivity index (χ2v) is 7.16. The van der Waals surface area contributed by atoms with Crippen LogP contribution in [0, 0.1) is 0 Å². The summed E-state index contributed by atoms with van der Waals surface area (Å²) in [4.78, 5) is 0. The molecule has 20 heavy (non-hydrogen) atoms. The quantitative estimate of drug-likeness (QED) is 0.456. The van der Waals surface area contributed by atoms with Crippen molar-refractivity contribution in [2.75, 3.05) is 7.11 Å². The third-order valence-electron chi connectivity index (χ3n) is 2.72. The fraction of sp³-hybridized carbons (Fsp3) is 0.143. The minimum atomic E-state index is -0.403. The maximum atomic E-state index is 6.52. The number of hydrogen-bond donors (Lipinski definition) is 0. The topological polar surface area (TPSA) is 9.23 Å². The van der Waals surface area contributed by atoms with Gasteiger partial charge in [-0.05, 0) is 35.4 Å². The van der Waals surface area contributed by atoms with Crippen LogP contribution in [0.5, 0.6) is 5.75 Å². The lowest BCUT2D eigenvalue weighted by molar-refractivity contribution is 0.415. The Morgan fingerprint density at radius 3 is 2.10 bits per heavy atom. The Hall–Kier alpha value is 0.0700. The van der Waals surface area contributed by atoms with Crippen molar-refractivity contribution in [1.29, 1.82) is 0 Å². The van der Waals surface area contributed by atoms with Gasteiger partial charge in [0.05, 0.1) is 17.5 Å². The molecule has 1 unspecified atom stereocenters. The average molecular weight is 459 g/mol. The summed E-state index contributed by atoms with van der Waals surface area (Å²) in [6.45, 7) is 0. The molecule has 1 nitrogen and oxygen atoms in total. The van der Waals surface area contributed by atoms with Gasteiger partial charge in [0, 0.05) is 20.0 Å². The van der Waals surface area contributed by atoms with Gasteiger partial charge >= 0.3 is 0 Å². The van der Waals surface area contributed by atoms with Crippen LogP contribution in [0.4, 0.5) is 0 Å². The lowest BCUT2D eigenvalue weighted by Crippen LogP contribution is -1.96. The first-order valence-electron chi connectivity index (χ1n) is 5.55. The number of rotatable bonds is 3. The summed E-state index contributed by atoms with van der Waals surface area (Å²) in [7, 11) is 1.54. The van der Waals surface area contributed by atoms with E-state index in [0.717, 1.165) is 20.1 Å². The van der Waals surface area contributed by atoms with Crippen molar-refractivity contribution in [2.45, 2.75) is 5.38 Å². The Balaban J connectivity index is 2.47. The summed E-state index contributed by atoms with van der Waals surface area (Å²) >= 11 is 25.8. The van der Waals surface area contributed by atoms with E-state index in [1.54, 1.807) is 19.2 Å². The van der Waals surface area contributed by atoms with Gasteiger partial charge in [-0.3, -0.25) is 0 Å². The summed E-state index contributed by atoms with van der Waals surface area (Å²) in [5, 5.41) is 0.591. The molecule has 106 valence electrons. The third-order valence-corrected chi connectivity index (χ3v) is 4.75. The van der Waals surface area contributed by atoms with Gasteiger partial charge in [0.25, 0.3) is 0 Å². The highest BCUT2D eigenvalue weighted by Crippen LogP contribution is 2.40. The van der Waals surface area contributed by atoms with Crippen molar-refractivity contribution >= 4 is 66.7 Å². The molecule has 0 saturated carbocycles. The normalized spacial score (nSPS) is 12.3. The molecule has 2 aromatic carbocycles. The van der Waals surface area contributed by atoms with Crippen molar-refractivity contribution < 1.29 is 4.74 Å². The highest BCUT2D eigenvalue weighted by Gasteiger charge is 2.18. The van der Waals surface area contributed by atoms with Gasteiger partial charge in [0.2, 0.25) is 0 Å². The Labute approximate surface area is 149 Å². The lowest BCUT2D eigenvalue weighted by atomic mass is 10.0. The number of benzene rings is 2. The van der Waals surface area contributed by atoms with E-state index in [0.29, 0.717) is 15.8 Å². The zero-order chi connectivity index (χ0) is 14.9. The van der Waals surface area contributed by atoms with Crippen molar-refractivity contribution in [3.05, 3.63) is 60.4 Å². The van der Waals surface area contributed by atoms with E-state index in [1.807, 2.05) is 18.2 Å². The molecular weight excluding hydrogens is 450 g/mol. The molecule has 0 spiro atoms. The lowest BCUT2D eigenvalue weighted by Gasteiger charge is -2.15. The van der Waals surface area contributed by atoms with E-state index in [2.05, 4.69) is 31.9 Å². The van der Waals surface area contributed by atoms with Crippen LogP contribution in [0.1, 0.15) is 16.5 Å². The second kappa shape index (κ2) is 6.89. The Morgan fingerprint density at radius 1 is 0.950 bits per heavy atom. The summed E-state index contributed by atoms with van der Waals surface area (Å²) in [5.74, 6) is 0.528. The Morgan fingerprint density at radius 2 is 1.55 bits per heavy atom. The molecule has 2 rings (SSSR count).